The lowest BCUT2D eigenvalue weighted by molar-refractivity contribution is 0.181. The number of rotatable bonds is 5. The molecule has 0 aromatic carbocycles. The largest absolute Gasteiger partial charge is 0.381 e. The first-order valence-corrected chi connectivity index (χ1v) is 8.78. The first kappa shape index (κ1) is 16.6. The van der Waals surface area contributed by atoms with Gasteiger partial charge in [-0.15, -0.1) is 0 Å². The molecule has 1 heterocycles. The highest BCUT2D eigenvalue weighted by Crippen LogP contribution is 2.29. The van der Waals surface area contributed by atoms with Gasteiger partial charge in [0.25, 0.3) is 0 Å². The van der Waals surface area contributed by atoms with Crippen molar-refractivity contribution in [2.45, 2.75) is 46.0 Å². The first-order valence-electron chi connectivity index (χ1n) is 8.78. The smallest absolute Gasteiger partial charge is 0.193 e. The number of ether oxygens (including phenoxy) is 1. The molecular formula is C17H33N3O. The number of aliphatic imine (C=N–C) groups is 1. The number of nitrogens with one attached hydrogen (secondary N) is 1. The number of hydrogen-bond donors (Lipinski definition) is 1. The van der Waals surface area contributed by atoms with Crippen molar-refractivity contribution in [2.24, 2.45) is 22.7 Å². The Hall–Kier alpha value is -0.770. The molecule has 3 unspecified atom stereocenters. The Balaban J connectivity index is 1.87. The van der Waals surface area contributed by atoms with E-state index in [-0.39, 0.29) is 0 Å². The third-order valence-electron chi connectivity index (χ3n) is 5.02. The zero-order valence-electron chi connectivity index (χ0n) is 14.1. The van der Waals surface area contributed by atoms with E-state index < -0.39 is 0 Å². The van der Waals surface area contributed by atoms with Crippen molar-refractivity contribution < 1.29 is 4.74 Å². The van der Waals surface area contributed by atoms with Gasteiger partial charge in [-0.1, -0.05) is 26.2 Å². The van der Waals surface area contributed by atoms with E-state index in [1.807, 2.05) is 0 Å². The SMILES string of the molecule is CCNC(=NCC1CCCCC1C)N(C)CC1CCOC1. The second-order valence-electron chi connectivity index (χ2n) is 6.83. The molecule has 2 aliphatic rings. The lowest BCUT2D eigenvalue weighted by Crippen LogP contribution is -2.42. The summed E-state index contributed by atoms with van der Waals surface area (Å²) in [6.07, 6.45) is 6.71. The average molecular weight is 295 g/mol. The Morgan fingerprint density at radius 3 is 2.76 bits per heavy atom. The molecule has 1 saturated carbocycles. The van der Waals surface area contributed by atoms with Crippen LogP contribution in [0.4, 0.5) is 0 Å². The first-order chi connectivity index (χ1) is 10.2. The van der Waals surface area contributed by atoms with Crippen molar-refractivity contribution in [1.29, 1.82) is 0 Å². The van der Waals surface area contributed by atoms with Crippen molar-refractivity contribution in [3.8, 4) is 0 Å². The predicted molar refractivity (Wildman–Crippen MR) is 88.7 cm³/mol. The maximum absolute atomic E-state index is 5.48. The minimum atomic E-state index is 0.660. The van der Waals surface area contributed by atoms with Gasteiger partial charge in [-0.3, -0.25) is 4.99 Å². The van der Waals surface area contributed by atoms with Crippen molar-refractivity contribution in [3.05, 3.63) is 0 Å². The summed E-state index contributed by atoms with van der Waals surface area (Å²) >= 11 is 0. The predicted octanol–water partition coefficient (Wildman–Crippen LogP) is 2.75. The van der Waals surface area contributed by atoms with Crippen LogP contribution in [0, 0.1) is 17.8 Å². The van der Waals surface area contributed by atoms with Crippen molar-refractivity contribution in [1.82, 2.24) is 10.2 Å². The summed E-state index contributed by atoms with van der Waals surface area (Å²) < 4.78 is 5.48. The summed E-state index contributed by atoms with van der Waals surface area (Å²) in [5.41, 5.74) is 0. The molecule has 2 fully saturated rings. The van der Waals surface area contributed by atoms with Crippen LogP contribution in [-0.2, 0) is 4.74 Å². The highest BCUT2D eigenvalue weighted by molar-refractivity contribution is 5.79. The summed E-state index contributed by atoms with van der Waals surface area (Å²) in [5, 5.41) is 3.45. The molecule has 0 spiro atoms. The van der Waals surface area contributed by atoms with Crippen LogP contribution >= 0.6 is 0 Å². The molecule has 4 nitrogen and oxygen atoms in total. The minimum Gasteiger partial charge on any atom is -0.381 e. The summed E-state index contributed by atoms with van der Waals surface area (Å²) in [5.74, 6) is 3.34. The van der Waals surface area contributed by atoms with Crippen molar-refractivity contribution in [3.63, 3.8) is 0 Å². The molecule has 1 aliphatic heterocycles. The molecule has 0 aromatic heterocycles. The van der Waals surface area contributed by atoms with Crippen LogP contribution in [0.2, 0.25) is 0 Å². The Bertz CT molecular complexity index is 326. The molecule has 4 heteroatoms. The van der Waals surface area contributed by atoms with E-state index in [1.165, 1.54) is 32.1 Å². The summed E-state index contributed by atoms with van der Waals surface area (Å²) in [6, 6.07) is 0. The molecule has 3 atom stereocenters. The second-order valence-corrected chi connectivity index (χ2v) is 6.83. The van der Waals surface area contributed by atoms with Crippen LogP contribution in [0.5, 0.6) is 0 Å². The van der Waals surface area contributed by atoms with Gasteiger partial charge in [0.1, 0.15) is 0 Å². The zero-order chi connectivity index (χ0) is 15.1. The molecule has 122 valence electrons. The Morgan fingerprint density at radius 2 is 2.10 bits per heavy atom. The van der Waals surface area contributed by atoms with Crippen molar-refractivity contribution >= 4 is 5.96 Å². The molecule has 2 rings (SSSR count). The quantitative estimate of drug-likeness (QED) is 0.626. The van der Waals surface area contributed by atoms with Crippen LogP contribution in [0.1, 0.15) is 46.0 Å². The molecule has 0 amide bonds. The fraction of sp³-hybridized carbons (Fsp3) is 0.941. The third-order valence-corrected chi connectivity index (χ3v) is 5.02. The summed E-state index contributed by atoms with van der Waals surface area (Å²) in [4.78, 5) is 7.21. The fourth-order valence-corrected chi connectivity index (χ4v) is 3.54. The summed E-state index contributed by atoms with van der Waals surface area (Å²) in [7, 11) is 2.16. The van der Waals surface area contributed by atoms with E-state index in [1.54, 1.807) is 0 Å². The van der Waals surface area contributed by atoms with Gasteiger partial charge in [-0.05, 0) is 31.6 Å². The van der Waals surface area contributed by atoms with E-state index in [2.05, 4.69) is 31.1 Å². The molecule has 0 aromatic rings. The van der Waals surface area contributed by atoms with Crippen molar-refractivity contribution in [2.75, 3.05) is 39.9 Å². The normalized spacial score (nSPS) is 30.4. The van der Waals surface area contributed by atoms with Gasteiger partial charge < -0.3 is 15.0 Å². The van der Waals surface area contributed by atoms with E-state index in [0.717, 1.165) is 50.6 Å². The van der Waals surface area contributed by atoms with Crippen LogP contribution in [0.3, 0.4) is 0 Å². The molecule has 1 aliphatic carbocycles. The number of nitrogens with zero attached hydrogens (tertiary/aromatic N) is 2. The maximum Gasteiger partial charge on any atom is 0.193 e. The molecule has 0 bridgehead atoms. The van der Waals surface area contributed by atoms with Gasteiger partial charge in [0.2, 0.25) is 0 Å². The average Bonchev–Trinajstić information content (AvgIpc) is 2.97. The monoisotopic (exact) mass is 295 g/mol. The standard InChI is InChI=1S/C17H33N3O/c1-4-18-17(20(3)12-15-9-10-21-13-15)19-11-16-8-6-5-7-14(16)2/h14-16H,4-13H2,1-3H3,(H,18,19). The van der Waals surface area contributed by atoms with Crippen LogP contribution < -0.4 is 5.32 Å². The lowest BCUT2D eigenvalue weighted by atomic mass is 9.80. The molecule has 1 N–H and O–H groups in total. The van der Waals surface area contributed by atoms with Crippen LogP contribution in [0.25, 0.3) is 0 Å². The van der Waals surface area contributed by atoms with E-state index in [0.29, 0.717) is 5.92 Å². The Kier molecular flexibility index (Phi) is 6.81. The molecule has 21 heavy (non-hydrogen) atoms. The van der Waals surface area contributed by atoms with Gasteiger partial charge in [-0.2, -0.15) is 0 Å². The van der Waals surface area contributed by atoms with E-state index in [4.69, 9.17) is 9.73 Å². The highest BCUT2D eigenvalue weighted by atomic mass is 16.5. The zero-order valence-corrected chi connectivity index (χ0v) is 14.1. The molecule has 0 radical (unpaired) electrons. The van der Waals surface area contributed by atoms with Gasteiger partial charge in [0.15, 0.2) is 5.96 Å². The number of hydrogen-bond acceptors (Lipinski definition) is 2. The van der Waals surface area contributed by atoms with Gasteiger partial charge in [-0.25, -0.2) is 0 Å². The third kappa shape index (κ3) is 5.17. The van der Waals surface area contributed by atoms with E-state index >= 15 is 0 Å². The minimum absolute atomic E-state index is 0.660. The second kappa shape index (κ2) is 8.62. The number of guanidine groups is 1. The maximum atomic E-state index is 5.48. The Labute approximate surface area is 130 Å². The Morgan fingerprint density at radius 1 is 1.29 bits per heavy atom. The highest BCUT2D eigenvalue weighted by Gasteiger charge is 2.22. The van der Waals surface area contributed by atoms with E-state index in [9.17, 15) is 0 Å². The molecular weight excluding hydrogens is 262 g/mol. The molecule has 1 saturated heterocycles. The van der Waals surface area contributed by atoms with Crippen LogP contribution in [0.15, 0.2) is 4.99 Å². The topological polar surface area (TPSA) is 36.9 Å². The van der Waals surface area contributed by atoms with Gasteiger partial charge in [0.05, 0.1) is 6.61 Å². The van der Waals surface area contributed by atoms with Gasteiger partial charge >= 0.3 is 0 Å². The van der Waals surface area contributed by atoms with Crippen LogP contribution in [-0.4, -0.2) is 50.8 Å². The lowest BCUT2D eigenvalue weighted by Gasteiger charge is -2.29. The summed E-state index contributed by atoms with van der Waals surface area (Å²) in [6.45, 7) is 9.33. The fourth-order valence-electron chi connectivity index (χ4n) is 3.54. The van der Waals surface area contributed by atoms with Gasteiger partial charge in [0, 0.05) is 39.2 Å².